The summed E-state index contributed by atoms with van der Waals surface area (Å²) in [5.74, 6) is 0.321. The average Bonchev–Trinajstić information content (AvgIpc) is 2.83. The normalized spacial score (nSPS) is 18.9. The Hall–Kier alpha value is -1.89. The van der Waals surface area contributed by atoms with E-state index in [-0.39, 0.29) is 6.04 Å². The Kier molecular flexibility index (Phi) is 4.08. The van der Waals surface area contributed by atoms with E-state index >= 15 is 0 Å². The summed E-state index contributed by atoms with van der Waals surface area (Å²) in [6.07, 6.45) is 3.38. The van der Waals surface area contributed by atoms with Crippen LogP contribution < -0.4 is 16.0 Å². The van der Waals surface area contributed by atoms with Crippen molar-refractivity contribution in [2.75, 3.05) is 23.7 Å². The molecule has 0 saturated carbocycles. The topological polar surface area (TPSA) is 93.4 Å². The van der Waals surface area contributed by atoms with E-state index in [9.17, 15) is 4.79 Å². The van der Waals surface area contributed by atoms with E-state index in [1.807, 2.05) is 20.8 Å². The lowest BCUT2D eigenvalue weighted by molar-refractivity contribution is 0.0565. The van der Waals surface area contributed by atoms with Gasteiger partial charge in [-0.25, -0.2) is 19.7 Å². The molecule has 7 heteroatoms. The summed E-state index contributed by atoms with van der Waals surface area (Å²) in [5.41, 5.74) is 5.49. The third kappa shape index (κ3) is 3.57. The molecule has 110 valence electrons. The Balaban J connectivity index is 2.24. The molecule has 1 unspecified atom stereocenters. The standard InChI is InChI=1S/C13H21N5O2/c1-13(2,3)20-12(19)18(10-4-5-15-8-10)11-16-6-9(14)7-17-11/h6-7,10,15H,4-5,8,14H2,1-3H3. The number of carbonyl (C=O) groups excluding carboxylic acids is 1. The summed E-state index contributed by atoms with van der Waals surface area (Å²) in [4.78, 5) is 22.2. The number of aromatic nitrogens is 2. The van der Waals surface area contributed by atoms with Crippen molar-refractivity contribution in [2.24, 2.45) is 0 Å². The van der Waals surface area contributed by atoms with Gasteiger partial charge in [0.2, 0.25) is 5.95 Å². The maximum Gasteiger partial charge on any atom is 0.417 e. The van der Waals surface area contributed by atoms with E-state index < -0.39 is 11.7 Å². The van der Waals surface area contributed by atoms with Crippen molar-refractivity contribution in [3.05, 3.63) is 12.4 Å². The molecule has 1 aliphatic rings. The van der Waals surface area contributed by atoms with Gasteiger partial charge in [-0.05, 0) is 33.7 Å². The van der Waals surface area contributed by atoms with Crippen LogP contribution >= 0.6 is 0 Å². The smallest absolute Gasteiger partial charge is 0.417 e. The van der Waals surface area contributed by atoms with Gasteiger partial charge >= 0.3 is 6.09 Å². The lowest BCUT2D eigenvalue weighted by Crippen LogP contribution is -2.45. The third-order valence-electron chi connectivity index (χ3n) is 2.86. The largest absolute Gasteiger partial charge is 0.443 e. The minimum Gasteiger partial charge on any atom is -0.443 e. The zero-order valence-corrected chi connectivity index (χ0v) is 12.1. The van der Waals surface area contributed by atoms with Gasteiger partial charge in [-0.3, -0.25) is 0 Å². The quantitative estimate of drug-likeness (QED) is 0.844. The van der Waals surface area contributed by atoms with Gasteiger partial charge in [-0.1, -0.05) is 0 Å². The molecule has 0 aromatic carbocycles. The zero-order chi connectivity index (χ0) is 14.8. The molecular formula is C13H21N5O2. The minimum absolute atomic E-state index is 0.00604. The lowest BCUT2D eigenvalue weighted by atomic mass is 10.2. The maximum absolute atomic E-state index is 12.4. The maximum atomic E-state index is 12.4. The van der Waals surface area contributed by atoms with Crippen LogP contribution in [0.4, 0.5) is 16.4 Å². The molecule has 0 aliphatic carbocycles. The molecule has 1 aromatic rings. The second kappa shape index (κ2) is 5.62. The van der Waals surface area contributed by atoms with Crippen molar-refractivity contribution in [2.45, 2.75) is 38.8 Å². The van der Waals surface area contributed by atoms with Crippen LogP contribution in [0.5, 0.6) is 0 Å². The van der Waals surface area contributed by atoms with Crippen LogP contribution in [-0.2, 0) is 4.74 Å². The van der Waals surface area contributed by atoms with Gasteiger partial charge in [0.15, 0.2) is 0 Å². The number of hydrogen-bond acceptors (Lipinski definition) is 6. The highest BCUT2D eigenvalue weighted by atomic mass is 16.6. The molecule has 3 N–H and O–H groups in total. The number of rotatable bonds is 2. The van der Waals surface area contributed by atoms with Crippen molar-refractivity contribution in [3.63, 3.8) is 0 Å². The number of nitrogens with zero attached hydrogens (tertiary/aromatic N) is 3. The third-order valence-corrected chi connectivity index (χ3v) is 2.86. The van der Waals surface area contributed by atoms with Gasteiger partial charge in [0.25, 0.3) is 0 Å². The average molecular weight is 279 g/mol. The molecule has 1 atom stereocenters. The molecule has 1 aliphatic heterocycles. The number of nitrogens with two attached hydrogens (primary N) is 1. The van der Waals surface area contributed by atoms with Crippen LogP contribution in [0, 0.1) is 0 Å². The summed E-state index contributed by atoms with van der Waals surface area (Å²) in [6, 6.07) is -0.00604. The Morgan fingerprint density at radius 2 is 2.10 bits per heavy atom. The van der Waals surface area contributed by atoms with Crippen molar-refractivity contribution < 1.29 is 9.53 Å². The second-order valence-electron chi connectivity index (χ2n) is 5.81. The molecule has 2 heterocycles. The van der Waals surface area contributed by atoms with E-state index in [1.54, 1.807) is 0 Å². The van der Waals surface area contributed by atoms with Crippen LogP contribution in [-0.4, -0.2) is 40.8 Å². The van der Waals surface area contributed by atoms with E-state index in [0.717, 1.165) is 13.0 Å². The van der Waals surface area contributed by atoms with Gasteiger partial charge in [0.1, 0.15) is 5.60 Å². The van der Waals surface area contributed by atoms with Crippen LogP contribution in [0.25, 0.3) is 0 Å². The first kappa shape index (κ1) is 14.5. The number of anilines is 2. The summed E-state index contributed by atoms with van der Waals surface area (Å²) in [7, 11) is 0. The summed E-state index contributed by atoms with van der Waals surface area (Å²) >= 11 is 0. The van der Waals surface area contributed by atoms with Crippen LogP contribution in [0.3, 0.4) is 0 Å². The van der Waals surface area contributed by atoms with Crippen LogP contribution in [0.1, 0.15) is 27.2 Å². The molecule has 7 nitrogen and oxygen atoms in total. The van der Waals surface area contributed by atoms with Gasteiger partial charge < -0.3 is 15.8 Å². The first-order valence-electron chi connectivity index (χ1n) is 6.67. The molecule has 2 rings (SSSR count). The molecule has 1 saturated heterocycles. The number of amides is 1. The lowest BCUT2D eigenvalue weighted by Gasteiger charge is -2.29. The summed E-state index contributed by atoms with van der Waals surface area (Å²) in [5, 5.41) is 3.22. The highest BCUT2D eigenvalue weighted by Crippen LogP contribution is 2.20. The van der Waals surface area contributed by atoms with Gasteiger partial charge in [-0.2, -0.15) is 0 Å². The SMILES string of the molecule is CC(C)(C)OC(=O)N(c1ncc(N)cn1)C1CCNC1. The first-order chi connectivity index (χ1) is 9.37. The molecule has 1 fully saturated rings. The number of hydrogen-bond donors (Lipinski definition) is 2. The molecular weight excluding hydrogens is 258 g/mol. The number of nitrogens with one attached hydrogen (secondary N) is 1. The van der Waals surface area contributed by atoms with Crippen LogP contribution in [0.2, 0.25) is 0 Å². The number of ether oxygens (including phenoxy) is 1. The fourth-order valence-corrected chi connectivity index (χ4v) is 2.02. The van der Waals surface area contributed by atoms with Gasteiger partial charge in [-0.15, -0.1) is 0 Å². The fraction of sp³-hybridized carbons (Fsp3) is 0.615. The Bertz CT molecular complexity index is 463. The molecule has 0 spiro atoms. The Morgan fingerprint density at radius 1 is 1.45 bits per heavy atom. The van der Waals surface area contributed by atoms with Crippen molar-refractivity contribution in [1.29, 1.82) is 0 Å². The van der Waals surface area contributed by atoms with E-state index in [1.165, 1.54) is 17.3 Å². The molecule has 1 aromatic heterocycles. The van der Waals surface area contributed by atoms with E-state index in [0.29, 0.717) is 18.2 Å². The fourth-order valence-electron chi connectivity index (χ4n) is 2.02. The van der Waals surface area contributed by atoms with Gasteiger partial charge in [0.05, 0.1) is 24.1 Å². The van der Waals surface area contributed by atoms with E-state index in [2.05, 4.69) is 15.3 Å². The Morgan fingerprint density at radius 3 is 2.60 bits per heavy atom. The van der Waals surface area contributed by atoms with Crippen LogP contribution in [0.15, 0.2) is 12.4 Å². The monoisotopic (exact) mass is 279 g/mol. The predicted molar refractivity (Wildman–Crippen MR) is 76.4 cm³/mol. The number of carbonyl (C=O) groups is 1. The van der Waals surface area contributed by atoms with Crippen molar-refractivity contribution >= 4 is 17.7 Å². The zero-order valence-electron chi connectivity index (χ0n) is 12.1. The summed E-state index contributed by atoms with van der Waals surface area (Å²) in [6.45, 7) is 7.06. The van der Waals surface area contributed by atoms with E-state index in [4.69, 9.17) is 10.5 Å². The Labute approximate surface area is 118 Å². The summed E-state index contributed by atoms with van der Waals surface area (Å²) < 4.78 is 5.44. The molecule has 1 amide bonds. The molecule has 20 heavy (non-hydrogen) atoms. The molecule has 0 bridgehead atoms. The number of nitrogen functional groups attached to an aromatic ring is 1. The molecule has 0 radical (unpaired) electrons. The first-order valence-corrected chi connectivity index (χ1v) is 6.67. The highest BCUT2D eigenvalue weighted by Gasteiger charge is 2.33. The van der Waals surface area contributed by atoms with Gasteiger partial charge in [0, 0.05) is 6.54 Å². The van der Waals surface area contributed by atoms with Crippen molar-refractivity contribution in [3.8, 4) is 0 Å². The predicted octanol–water partition coefficient (Wildman–Crippen LogP) is 1.16. The second-order valence-corrected chi connectivity index (χ2v) is 5.81. The minimum atomic E-state index is -0.560. The van der Waals surface area contributed by atoms with Crippen molar-refractivity contribution in [1.82, 2.24) is 15.3 Å². The highest BCUT2D eigenvalue weighted by molar-refractivity contribution is 5.86.